The van der Waals surface area contributed by atoms with Crippen LogP contribution in [0, 0.1) is 11.8 Å². The van der Waals surface area contributed by atoms with E-state index >= 15 is 0 Å². The smallest absolute Gasteiger partial charge is 0.122 e. The first kappa shape index (κ1) is 14.6. The van der Waals surface area contributed by atoms with Crippen molar-refractivity contribution in [1.29, 1.82) is 0 Å². The van der Waals surface area contributed by atoms with Crippen molar-refractivity contribution < 1.29 is 4.74 Å². The number of aryl methyl sites for hydroxylation is 1. The number of thiophene rings is 1. The Labute approximate surface area is 124 Å². The van der Waals surface area contributed by atoms with Crippen LogP contribution in [0.25, 0.3) is 0 Å². The molecule has 0 fully saturated rings. The van der Waals surface area contributed by atoms with E-state index in [1.165, 1.54) is 16.9 Å². The van der Waals surface area contributed by atoms with Gasteiger partial charge in [0.2, 0.25) is 0 Å². The highest BCUT2D eigenvalue weighted by Gasteiger charge is 2.00. The normalized spacial score (nSPS) is 9.90. The van der Waals surface area contributed by atoms with Gasteiger partial charge in [-0.05, 0) is 30.2 Å². The second-order valence-corrected chi connectivity index (χ2v) is 5.49. The van der Waals surface area contributed by atoms with Crippen LogP contribution in [0.4, 0.5) is 0 Å². The molecule has 2 aromatic rings. The van der Waals surface area contributed by atoms with Gasteiger partial charge in [0.15, 0.2) is 0 Å². The minimum atomic E-state index is 0.395. The molecule has 2 N–H and O–H groups in total. The Morgan fingerprint density at radius 1 is 1.25 bits per heavy atom. The summed E-state index contributed by atoms with van der Waals surface area (Å²) in [6.45, 7) is 3.17. The maximum atomic E-state index is 5.78. The number of benzene rings is 1. The van der Waals surface area contributed by atoms with E-state index in [0.717, 1.165) is 17.7 Å². The summed E-state index contributed by atoms with van der Waals surface area (Å²) in [6.07, 6.45) is 2.29. The van der Waals surface area contributed by atoms with E-state index in [-0.39, 0.29) is 0 Å². The van der Waals surface area contributed by atoms with Crippen molar-refractivity contribution in [3.05, 3.63) is 51.7 Å². The second kappa shape index (κ2) is 7.74. The number of rotatable bonds is 5. The van der Waals surface area contributed by atoms with Crippen molar-refractivity contribution in [3.63, 3.8) is 0 Å². The van der Waals surface area contributed by atoms with E-state index in [0.29, 0.717) is 13.2 Å². The topological polar surface area (TPSA) is 35.2 Å². The molecule has 0 aliphatic carbocycles. The summed E-state index contributed by atoms with van der Waals surface area (Å²) < 4.78 is 5.78. The highest BCUT2D eigenvalue weighted by molar-refractivity contribution is 7.10. The van der Waals surface area contributed by atoms with Crippen LogP contribution in [0.5, 0.6) is 5.75 Å². The van der Waals surface area contributed by atoms with Crippen molar-refractivity contribution in [2.24, 2.45) is 5.73 Å². The fourth-order valence-corrected chi connectivity index (χ4v) is 2.60. The van der Waals surface area contributed by atoms with Gasteiger partial charge in [-0.2, -0.15) is 0 Å². The molecule has 0 aliphatic rings. The summed E-state index contributed by atoms with van der Waals surface area (Å²) in [6, 6.07) is 10.4. The van der Waals surface area contributed by atoms with Crippen LogP contribution in [0.15, 0.2) is 35.7 Å². The standard InChI is InChI=1S/C17H19NOS/c1-2-4-14-6-8-16(9-7-14)19-12-17-11-15(13-20-17)5-3-10-18/h6-9,11,13H,2,4,10,12,18H2,1H3. The Morgan fingerprint density at radius 2 is 2.05 bits per heavy atom. The van der Waals surface area contributed by atoms with Crippen molar-refractivity contribution >= 4 is 11.3 Å². The van der Waals surface area contributed by atoms with Gasteiger partial charge in [0, 0.05) is 15.8 Å². The summed E-state index contributed by atoms with van der Waals surface area (Å²) >= 11 is 1.66. The Morgan fingerprint density at radius 3 is 2.75 bits per heavy atom. The average molecular weight is 285 g/mol. The van der Waals surface area contributed by atoms with Gasteiger partial charge in [0.25, 0.3) is 0 Å². The van der Waals surface area contributed by atoms with Crippen molar-refractivity contribution in [2.45, 2.75) is 26.4 Å². The predicted molar refractivity (Wildman–Crippen MR) is 85.0 cm³/mol. The molecule has 0 radical (unpaired) electrons. The van der Waals surface area contributed by atoms with E-state index < -0.39 is 0 Å². The molecule has 1 heterocycles. The molecule has 104 valence electrons. The minimum absolute atomic E-state index is 0.395. The molecule has 0 saturated carbocycles. The first-order valence-electron chi connectivity index (χ1n) is 6.80. The lowest BCUT2D eigenvalue weighted by Crippen LogP contribution is -1.93. The summed E-state index contributed by atoms with van der Waals surface area (Å²) in [5.74, 6) is 6.79. The maximum absolute atomic E-state index is 5.78. The van der Waals surface area contributed by atoms with Crippen LogP contribution in [0.3, 0.4) is 0 Å². The number of ether oxygens (including phenoxy) is 1. The van der Waals surface area contributed by atoms with Crippen LogP contribution >= 0.6 is 11.3 Å². The zero-order valence-electron chi connectivity index (χ0n) is 11.7. The van der Waals surface area contributed by atoms with Crippen molar-refractivity contribution in [3.8, 4) is 17.6 Å². The molecular weight excluding hydrogens is 266 g/mol. The second-order valence-electron chi connectivity index (χ2n) is 4.49. The van der Waals surface area contributed by atoms with Gasteiger partial charge in [-0.25, -0.2) is 0 Å². The van der Waals surface area contributed by atoms with Gasteiger partial charge in [0.1, 0.15) is 12.4 Å². The molecule has 2 rings (SSSR count). The molecule has 1 aromatic heterocycles. The fourth-order valence-electron chi connectivity index (χ4n) is 1.87. The molecule has 1 aromatic carbocycles. The number of nitrogens with two attached hydrogens (primary N) is 1. The van der Waals surface area contributed by atoms with Crippen LogP contribution in [-0.4, -0.2) is 6.54 Å². The molecule has 0 bridgehead atoms. The largest absolute Gasteiger partial charge is 0.488 e. The van der Waals surface area contributed by atoms with E-state index in [1.807, 2.05) is 17.5 Å². The van der Waals surface area contributed by atoms with E-state index in [2.05, 4.69) is 37.0 Å². The third kappa shape index (κ3) is 4.41. The zero-order chi connectivity index (χ0) is 14.2. The number of hydrogen-bond acceptors (Lipinski definition) is 3. The highest BCUT2D eigenvalue weighted by atomic mass is 32.1. The number of hydrogen-bond donors (Lipinski definition) is 1. The van der Waals surface area contributed by atoms with E-state index in [4.69, 9.17) is 10.5 Å². The monoisotopic (exact) mass is 285 g/mol. The maximum Gasteiger partial charge on any atom is 0.122 e. The molecule has 0 atom stereocenters. The fraction of sp³-hybridized carbons (Fsp3) is 0.294. The van der Waals surface area contributed by atoms with Crippen LogP contribution < -0.4 is 10.5 Å². The third-order valence-electron chi connectivity index (χ3n) is 2.83. The van der Waals surface area contributed by atoms with Crippen LogP contribution in [-0.2, 0) is 13.0 Å². The van der Waals surface area contributed by atoms with Crippen molar-refractivity contribution in [2.75, 3.05) is 6.54 Å². The van der Waals surface area contributed by atoms with Gasteiger partial charge in [0.05, 0.1) is 6.54 Å². The van der Waals surface area contributed by atoms with Crippen LogP contribution in [0.1, 0.15) is 29.3 Å². The summed E-state index contributed by atoms with van der Waals surface area (Å²) in [4.78, 5) is 1.17. The predicted octanol–water partition coefficient (Wildman–Crippen LogP) is 3.59. The molecule has 20 heavy (non-hydrogen) atoms. The Hall–Kier alpha value is -1.76. The average Bonchev–Trinajstić information content (AvgIpc) is 2.93. The zero-order valence-corrected chi connectivity index (χ0v) is 12.5. The summed E-state index contributed by atoms with van der Waals surface area (Å²) in [7, 11) is 0. The lowest BCUT2D eigenvalue weighted by atomic mass is 10.1. The summed E-state index contributed by atoms with van der Waals surface area (Å²) in [5.41, 5.74) is 7.72. The van der Waals surface area contributed by atoms with Gasteiger partial charge >= 0.3 is 0 Å². The molecule has 2 nitrogen and oxygen atoms in total. The molecule has 0 aliphatic heterocycles. The van der Waals surface area contributed by atoms with Gasteiger partial charge < -0.3 is 10.5 Å². The van der Waals surface area contributed by atoms with Gasteiger partial charge in [-0.1, -0.05) is 37.3 Å². The molecule has 0 spiro atoms. The Kier molecular flexibility index (Phi) is 5.67. The third-order valence-corrected chi connectivity index (χ3v) is 3.74. The van der Waals surface area contributed by atoms with Gasteiger partial charge in [-0.15, -0.1) is 11.3 Å². The molecule has 0 unspecified atom stereocenters. The molecule has 0 amide bonds. The van der Waals surface area contributed by atoms with E-state index in [1.54, 1.807) is 11.3 Å². The Balaban J connectivity index is 1.89. The lowest BCUT2D eigenvalue weighted by Gasteiger charge is -2.05. The quantitative estimate of drug-likeness (QED) is 0.852. The molecule has 0 saturated heterocycles. The summed E-state index contributed by atoms with van der Waals surface area (Å²) in [5, 5.41) is 2.03. The molecular formula is C17H19NOS. The minimum Gasteiger partial charge on any atom is -0.488 e. The lowest BCUT2D eigenvalue weighted by molar-refractivity contribution is 0.309. The SMILES string of the molecule is CCCc1ccc(OCc2cc(C#CCN)cs2)cc1. The van der Waals surface area contributed by atoms with Crippen LogP contribution in [0.2, 0.25) is 0 Å². The molecule has 3 heteroatoms. The van der Waals surface area contributed by atoms with Gasteiger partial charge in [-0.3, -0.25) is 0 Å². The van der Waals surface area contributed by atoms with E-state index in [9.17, 15) is 0 Å². The first-order chi connectivity index (χ1) is 9.81. The van der Waals surface area contributed by atoms with Crippen molar-refractivity contribution in [1.82, 2.24) is 0 Å². The Bertz CT molecular complexity index is 589. The first-order valence-corrected chi connectivity index (χ1v) is 7.68. The highest BCUT2D eigenvalue weighted by Crippen LogP contribution is 2.18.